The monoisotopic (exact) mass is 382 g/mol. The highest BCUT2D eigenvalue weighted by molar-refractivity contribution is 5.57. The average Bonchev–Trinajstić information content (AvgIpc) is 2.76. The van der Waals surface area contributed by atoms with Gasteiger partial charge in [0.25, 0.3) is 0 Å². The lowest BCUT2D eigenvalue weighted by atomic mass is 9.84. The predicted octanol–water partition coefficient (Wildman–Crippen LogP) is 4.25. The highest BCUT2D eigenvalue weighted by Crippen LogP contribution is 2.25. The van der Waals surface area contributed by atoms with Crippen LogP contribution in [0.5, 0.6) is 0 Å². The fourth-order valence-corrected chi connectivity index (χ4v) is 2.61. The maximum Gasteiger partial charge on any atom is 0.215 e. The zero-order chi connectivity index (χ0) is 20.8. The van der Waals surface area contributed by atoms with Gasteiger partial charge in [0.05, 0.1) is 0 Å². The molecule has 1 aliphatic rings. The molecule has 0 heterocycles. The van der Waals surface area contributed by atoms with Crippen molar-refractivity contribution in [2.24, 2.45) is 11.8 Å². The van der Waals surface area contributed by atoms with E-state index >= 15 is 0 Å². The first-order valence-corrected chi connectivity index (χ1v) is 9.04. The fraction of sp³-hybridized carbons (Fsp3) is 0.273. The average molecular weight is 382 g/mol. The number of nitrogens with zero attached hydrogens (tertiary/aromatic N) is 2. The van der Waals surface area contributed by atoms with E-state index in [4.69, 9.17) is 0 Å². The Morgan fingerprint density at radius 3 is 1.14 bits per heavy atom. The molecule has 0 N–H and O–H groups in total. The molecule has 0 aromatic heterocycles. The quantitative estimate of drug-likeness (QED) is 0.260. The third-order valence-electron chi connectivity index (χ3n) is 4.29. The highest BCUT2D eigenvalue weighted by Gasteiger charge is 2.19. The molecule has 0 saturated heterocycles. The number of rotatable bonds is 4. The van der Waals surface area contributed by atoms with Gasteiger partial charge in [0.15, 0.2) is 0 Å². The van der Waals surface area contributed by atoms with Crippen molar-refractivity contribution >= 4 is 37.4 Å². The van der Waals surface area contributed by atoms with Crippen LogP contribution in [0.2, 0.25) is 0 Å². The van der Waals surface area contributed by atoms with E-state index in [0.717, 1.165) is 38.3 Å². The van der Waals surface area contributed by atoms with Crippen LogP contribution in [0.3, 0.4) is 0 Å². The van der Waals surface area contributed by atoms with Crippen molar-refractivity contribution in [1.82, 2.24) is 0 Å². The number of para-hydroxylation sites is 2. The zero-order valence-corrected chi connectivity index (χ0v) is 15.9. The lowest BCUT2D eigenvalue weighted by Gasteiger charge is -2.20. The zero-order valence-electron chi connectivity index (χ0n) is 15.9. The molecular formula is C22H26N2O4. The van der Waals surface area contributed by atoms with Gasteiger partial charge in [-0.15, -0.1) is 0 Å². The minimum atomic E-state index is 0.233. The van der Waals surface area contributed by atoms with Crippen LogP contribution >= 0.6 is 0 Å². The summed E-state index contributed by atoms with van der Waals surface area (Å²) in [6.45, 7) is 6.37. The summed E-state index contributed by atoms with van der Waals surface area (Å²) in [4.78, 5) is 20.5. The van der Waals surface area contributed by atoms with Crippen LogP contribution in [-0.4, -0.2) is 35.5 Å². The van der Waals surface area contributed by atoms with Gasteiger partial charge in [-0.1, -0.05) is 36.4 Å². The van der Waals surface area contributed by atoms with Crippen LogP contribution in [0.1, 0.15) is 25.7 Å². The Kier molecular flexibility index (Phi) is 10.5. The van der Waals surface area contributed by atoms with Crippen LogP contribution in [0, 0.1) is 22.3 Å². The number of carbonyl (C=O) groups excluding carboxylic acids is 2. The molecule has 148 valence electrons. The molecule has 3 rings (SSSR count). The molecule has 0 bridgehead atoms. The fourth-order valence-electron chi connectivity index (χ4n) is 2.61. The smallest absolute Gasteiger partial charge is 0.215 e. The van der Waals surface area contributed by atoms with E-state index in [1.54, 1.807) is 48.5 Å². The van der Waals surface area contributed by atoms with Gasteiger partial charge in [0.1, 0.15) is 26.0 Å². The van der Waals surface area contributed by atoms with Crippen LogP contribution in [-0.2, 0) is 9.59 Å². The molecular weight excluding hydrogens is 356 g/mol. The van der Waals surface area contributed by atoms with Crippen molar-refractivity contribution in [2.45, 2.75) is 25.7 Å². The second-order valence-electron chi connectivity index (χ2n) is 6.38. The molecule has 1 aliphatic carbocycles. The van der Waals surface area contributed by atoms with Crippen molar-refractivity contribution in [3.8, 4) is 0 Å². The Hall–Kier alpha value is -3.28. The number of carbonyl (C=O) groups is 2. The Morgan fingerprint density at radius 1 is 0.679 bits per heavy atom. The van der Waals surface area contributed by atoms with Gasteiger partial charge in [-0.05, 0) is 25.7 Å². The van der Waals surface area contributed by atoms with Crippen molar-refractivity contribution in [3.63, 3.8) is 0 Å². The largest absolute Gasteiger partial charge is 0.619 e. The van der Waals surface area contributed by atoms with Gasteiger partial charge < -0.3 is 20.0 Å². The minimum absolute atomic E-state index is 0.233. The Bertz CT molecular complexity index is 674. The van der Waals surface area contributed by atoms with E-state index < -0.39 is 0 Å². The molecule has 28 heavy (non-hydrogen) atoms. The van der Waals surface area contributed by atoms with E-state index in [2.05, 4.69) is 13.4 Å². The van der Waals surface area contributed by atoms with Crippen LogP contribution in [0.25, 0.3) is 0 Å². The summed E-state index contributed by atoms with van der Waals surface area (Å²) in [7, 11) is 0. The third kappa shape index (κ3) is 8.89. The molecule has 0 radical (unpaired) electrons. The third-order valence-corrected chi connectivity index (χ3v) is 4.29. The van der Waals surface area contributed by atoms with Gasteiger partial charge in [-0.25, -0.2) is 0 Å². The second-order valence-corrected chi connectivity index (χ2v) is 6.38. The van der Waals surface area contributed by atoms with Crippen LogP contribution < -0.4 is 0 Å². The summed E-state index contributed by atoms with van der Waals surface area (Å²) in [6, 6.07) is 17.7. The Labute approximate surface area is 165 Å². The molecule has 6 heteroatoms. The molecule has 1 saturated carbocycles. The summed E-state index contributed by atoms with van der Waals surface area (Å²) in [5, 5.41) is 20.9. The Morgan fingerprint density at radius 2 is 0.964 bits per heavy atom. The van der Waals surface area contributed by atoms with Crippen molar-refractivity contribution < 1.29 is 19.1 Å². The summed E-state index contributed by atoms with van der Waals surface area (Å²) in [6.07, 6.45) is 5.67. The van der Waals surface area contributed by atoms with Crippen molar-refractivity contribution in [3.05, 3.63) is 71.1 Å². The van der Waals surface area contributed by atoms with Crippen LogP contribution in [0.4, 0.5) is 11.4 Å². The summed E-state index contributed by atoms with van der Waals surface area (Å²) in [5.41, 5.74) is 1.16. The number of benzene rings is 2. The van der Waals surface area contributed by atoms with Gasteiger partial charge >= 0.3 is 0 Å². The molecule has 0 amide bonds. The number of aldehydes is 2. The lowest BCUT2D eigenvalue weighted by molar-refractivity contribution is -0.350. The highest BCUT2D eigenvalue weighted by atomic mass is 16.5. The first-order chi connectivity index (χ1) is 13.5. The maximum absolute atomic E-state index is 10.5. The van der Waals surface area contributed by atoms with Gasteiger partial charge in [0.2, 0.25) is 11.4 Å². The van der Waals surface area contributed by atoms with Crippen molar-refractivity contribution in [2.75, 3.05) is 0 Å². The first kappa shape index (κ1) is 22.8. The van der Waals surface area contributed by atoms with E-state index in [0.29, 0.717) is 20.9 Å². The van der Waals surface area contributed by atoms with E-state index in [1.807, 2.05) is 12.1 Å². The van der Waals surface area contributed by atoms with Crippen molar-refractivity contribution in [1.29, 1.82) is 0 Å². The summed E-state index contributed by atoms with van der Waals surface area (Å²) >= 11 is 0. The predicted molar refractivity (Wildman–Crippen MR) is 111 cm³/mol. The summed E-state index contributed by atoms with van der Waals surface area (Å²) < 4.78 is 1.17. The minimum Gasteiger partial charge on any atom is -0.619 e. The SMILES string of the molecule is C=[N+]([O-])c1ccccc1.C=[N+]([O-])c1ccccc1.O=CC1CCC(C=O)CC1. The van der Waals surface area contributed by atoms with Gasteiger partial charge in [-0.3, -0.25) is 0 Å². The molecule has 1 fully saturated rings. The molecule has 0 aliphatic heterocycles. The number of hydrogen-bond donors (Lipinski definition) is 0. The second kappa shape index (κ2) is 13.0. The molecule has 0 unspecified atom stereocenters. The number of hydrogen-bond acceptors (Lipinski definition) is 4. The van der Waals surface area contributed by atoms with E-state index in [-0.39, 0.29) is 11.8 Å². The molecule has 2 aromatic carbocycles. The standard InChI is InChI=1S/C8H12O2.2C7H7NO/c9-5-7-1-2-8(6-10)4-3-7;2*1-8(9)7-5-3-2-4-6-7/h5-8H,1-4H2;2*2-6H,1H2. The van der Waals surface area contributed by atoms with Gasteiger partial charge in [0, 0.05) is 36.1 Å². The lowest BCUT2D eigenvalue weighted by Crippen LogP contribution is -2.15. The molecule has 6 nitrogen and oxygen atoms in total. The summed E-state index contributed by atoms with van der Waals surface area (Å²) in [5.74, 6) is 0.465. The Balaban J connectivity index is 0.000000210. The first-order valence-electron chi connectivity index (χ1n) is 9.04. The van der Waals surface area contributed by atoms with E-state index in [1.165, 1.54) is 0 Å². The normalized spacial score (nSPS) is 17.6. The van der Waals surface area contributed by atoms with Gasteiger partial charge in [-0.2, -0.15) is 9.48 Å². The van der Waals surface area contributed by atoms with E-state index in [9.17, 15) is 20.0 Å². The molecule has 2 aromatic rings. The maximum atomic E-state index is 10.5. The topological polar surface area (TPSA) is 86.3 Å². The van der Waals surface area contributed by atoms with Crippen LogP contribution in [0.15, 0.2) is 60.7 Å². The molecule has 0 spiro atoms. The molecule has 0 atom stereocenters.